The van der Waals surface area contributed by atoms with Crippen LogP contribution in [0.3, 0.4) is 0 Å². The second kappa shape index (κ2) is 3.89. The maximum absolute atomic E-state index is 12.7. The molecular weight excluding hydrogens is 234 g/mol. The average molecular weight is 241 g/mol. The maximum atomic E-state index is 12.7. The van der Waals surface area contributed by atoms with Crippen LogP contribution in [0.1, 0.15) is 0 Å². The van der Waals surface area contributed by atoms with E-state index >= 15 is 0 Å². The molecule has 1 heterocycles. The lowest BCUT2D eigenvalue weighted by atomic mass is 10.1. The fourth-order valence-corrected chi connectivity index (χ4v) is 0.968. The van der Waals surface area contributed by atoms with Crippen LogP contribution in [-0.2, 0) is 4.74 Å². The molecule has 0 aromatic carbocycles. The molecule has 83 valence electrons. The molecule has 7 heteroatoms. The SMILES string of the molecule is FC1=CC2(F)OC2(F)C(F)=C1F.[CH3][Al][CH3]. The Hall–Kier alpha value is -0.378. The van der Waals surface area contributed by atoms with Gasteiger partial charge in [0.25, 0.3) is 0 Å². The Balaban J connectivity index is 0.000000337. The molecule has 2 rings (SSSR count). The summed E-state index contributed by atoms with van der Waals surface area (Å²) in [6, 6.07) is 0. The van der Waals surface area contributed by atoms with E-state index in [1.807, 2.05) is 0 Å². The van der Waals surface area contributed by atoms with Crippen LogP contribution in [0.4, 0.5) is 22.0 Å². The Morgan fingerprint density at radius 2 is 1.67 bits per heavy atom. The zero-order valence-corrected chi connectivity index (χ0v) is 9.11. The number of ether oxygens (including phenoxy) is 1. The Labute approximate surface area is 89.3 Å². The molecule has 0 spiro atoms. The van der Waals surface area contributed by atoms with Crippen LogP contribution in [0.5, 0.6) is 0 Å². The first-order chi connectivity index (χ1) is 6.82. The van der Waals surface area contributed by atoms with Crippen molar-refractivity contribution in [3.63, 3.8) is 0 Å². The molecule has 15 heavy (non-hydrogen) atoms. The first-order valence-corrected chi connectivity index (χ1v) is 6.39. The molecule has 1 aliphatic carbocycles. The van der Waals surface area contributed by atoms with E-state index < -0.39 is 29.2 Å². The summed E-state index contributed by atoms with van der Waals surface area (Å²) in [5.74, 6) is -8.24. The number of epoxide rings is 1. The summed E-state index contributed by atoms with van der Waals surface area (Å²) in [5.41, 5.74) is 0. The van der Waals surface area contributed by atoms with E-state index in [9.17, 15) is 22.0 Å². The Morgan fingerprint density at radius 1 is 1.20 bits per heavy atom. The minimum Gasteiger partial charge on any atom is -0.289 e. The van der Waals surface area contributed by atoms with Gasteiger partial charge in [-0.1, -0.05) is 0 Å². The average Bonchev–Trinajstić information content (AvgIpc) is 2.68. The lowest BCUT2D eigenvalue weighted by Gasteiger charge is -2.06. The highest BCUT2D eigenvalue weighted by molar-refractivity contribution is 6.31. The van der Waals surface area contributed by atoms with Crippen LogP contribution in [0.2, 0.25) is 11.6 Å². The summed E-state index contributed by atoms with van der Waals surface area (Å²) in [7, 11) is 0. The van der Waals surface area contributed by atoms with Crippen LogP contribution in [0, 0.1) is 0 Å². The largest absolute Gasteiger partial charge is 0.331 e. The quantitative estimate of drug-likeness (QED) is 0.360. The summed E-state index contributed by atoms with van der Waals surface area (Å²) >= 11 is 0.750. The van der Waals surface area contributed by atoms with Crippen molar-refractivity contribution in [2.45, 2.75) is 23.3 Å². The first-order valence-electron chi connectivity index (χ1n) is 4.09. The number of hydrogen-bond donors (Lipinski definition) is 0. The minimum atomic E-state index is -3.45. The van der Waals surface area contributed by atoms with E-state index in [1.165, 1.54) is 0 Å². The van der Waals surface area contributed by atoms with Gasteiger partial charge in [-0.25, -0.2) is 17.6 Å². The number of fused-ring (bicyclic) bond motifs is 1. The zero-order valence-electron chi connectivity index (χ0n) is 7.95. The van der Waals surface area contributed by atoms with Crippen LogP contribution < -0.4 is 0 Å². The van der Waals surface area contributed by atoms with Gasteiger partial charge < -0.3 is 0 Å². The van der Waals surface area contributed by atoms with E-state index in [-0.39, 0.29) is 6.08 Å². The van der Waals surface area contributed by atoms with Crippen molar-refractivity contribution < 1.29 is 26.7 Å². The van der Waals surface area contributed by atoms with Gasteiger partial charge in [0.05, 0.1) is 0 Å². The summed E-state index contributed by atoms with van der Waals surface area (Å²) in [5, 5.41) is 0. The van der Waals surface area contributed by atoms with Crippen molar-refractivity contribution in [1.82, 2.24) is 0 Å². The van der Waals surface area contributed by atoms with Gasteiger partial charge in [0, 0.05) is 6.08 Å². The lowest BCUT2D eigenvalue weighted by Crippen LogP contribution is -2.20. The summed E-state index contributed by atoms with van der Waals surface area (Å²) in [6.07, 6.45) is -0.0780. The molecule has 1 aliphatic heterocycles. The summed E-state index contributed by atoms with van der Waals surface area (Å²) in [6.45, 7) is 0. The lowest BCUT2D eigenvalue weighted by molar-refractivity contribution is 0.143. The van der Waals surface area contributed by atoms with E-state index in [4.69, 9.17) is 0 Å². The molecule has 0 N–H and O–H groups in total. The van der Waals surface area contributed by atoms with Crippen molar-refractivity contribution in [3.05, 3.63) is 23.6 Å². The van der Waals surface area contributed by atoms with Crippen LogP contribution in [-0.4, -0.2) is 26.9 Å². The van der Waals surface area contributed by atoms with Gasteiger partial charge in [-0.3, -0.25) is 4.74 Å². The third-order valence-corrected chi connectivity index (χ3v) is 1.68. The van der Waals surface area contributed by atoms with Crippen LogP contribution >= 0.6 is 0 Å². The number of halogens is 5. The fourth-order valence-electron chi connectivity index (χ4n) is 0.968. The molecule has 2 aliphatic rings. The van der Waals surface area contributed by atoms with Gasteiger partial charge in [-0.2, -0.15) is 4.39 Å². The van der Waals surface area contributed by atoms with Crippen LogP contribution in [0.15, 0.2) is 23.6 Å². The number of rotatable bonds is 0. The van der Waals surface area contributed by atoms with Crippen molar-refractivity contribution >= 4 is 15.2 Å². The van der Waals surface area contributed by atoms with Crippen molar-refractivity contribution in [2.24, 2.45) is 0 Å². The highest BCUT2D eigenvalue weighted by Crippen LogP contribution is 2.61. The zero-order chi connectivity index (χ0) is 11.9. The number of alkyl halides is 2. The number of allylic oxidation sites excluding steroid dienone is 2. The standard InChI is InChI=1S/C6HF5O.2CH3.Al/c7-2-1-5(10)6(11,12-5)4(9)3(2)8;;;/h1H;2*1H3;. The minimum absolute atomic E-state index is 0.0780. The summed E-state index contributed by atoms with van der Waals surface area (Å²) in [4.78, 5) is 0. The van der Waals surface area contributed by atoms with E-state index in [1.54, 1.807) is 0 Å². The van der Waals surface area contributed by atoms with Gasteiger partial charge in [-0.05, 0) is 0 Å². The molecular formula is C8H7AlF5O. The fraction of sp³-hybridized carbons (Fsp3) is 0.500. The second-order valence-corrected chi connectivity index (χ2v) is 4.19. The molecule has 2 atom stereocenters. The number of hydrogen-bond acceptors (Lipinski definition) is 1. The predicted octanol–water partition coefficient (Wildman–Crippen LogP) is 3.15. The Bertz CT molecular complexity index is 342. The van der Waals surface area contributed by atoms with Gasteiger partial charge in [0.15, 0.2) is 26.9 Å². The molecule has 2 unspecified atom stereocenters. The van der Waals surface area contributed by atoms with Gasteiger partial charge in [0.1, 0.15) is 0 Å². The molecule has 0 aromatic rings. The van der Waals surface area contributed by atoms with Gasteiger partial charge >= 0.3 is 11.7 Å². The van der Waals surface area contributed by atoms with E-state index in [2.05, 4.69) is 16.3 Å². The molecule has 1 nitrogen and oxygen atoms in total. The topological polar surface area (TPSA) is 12.5 Å². The molecule has 1 fully saturated rings. The second-order valence-electron chi connectivity index (χ2n) is 3.04. The molecule has 0 amide bonds. The maximum Gasteiger partial charge on any atom is 0.331 e. The van der Waals surface area contributed by atoms with Crippen molar-refractivity contribution in [2.75, 3.05) is 0 Å². The third-order valence-electron chi connectivity index (χ3n) is 1.68. The first kappa shape index (κ1) is 12.7. The molecule has 0 aromatic heterocycles. The van der Waals surface area contributed by atoms with Crippen LogP contribution in [0.25, 0.3) is 0 Å². The monoisotopic (exact) mass is 241 g/mol. The van der Waals surface area contributed by atoms with Gasteiger partial charge in [-0.15, -0.1) is 11.6 Å². The Morgan fingerprint density at radius 3 is 2.13 bits per heavy atom. The highest BCUT2D eigenvalue weighted by Gasteiger charge is 2.79. The van der Waals surface area contributed by atoms with E-state index in [0.29, 0.717) is 0 Å². The third kappa shape index (κ3) is 1.84. The molecule has 0 bridgehead atoms. The highest BCUT2D eigenvalue weighted by atomic mass is 27.1. The summed E-state index contributed by atoms with van der Waals surface area (Å²) < 4.78 is 65.7. The normalized spacial score (nSPS) is 37.4. The van der Waals surface area contributed by atoms with E-state index in [0.717, 1.165) is 15.2 Å². The molecule has 1 saturated heterocycles. The Kier molecular flexibility index (Phi) is 3.29. The smallest absolute Gasteiger partial charge is 0.289 e. The van der Waals surface area contributed by atoms with Crippen molar-refractivity contribution in [1.29, 1.82) is 0 Å². The predicted molar refractivity (Wildman–Crippen MR) is 44.7 cm³/mol. The van der Waals surface area contributed by atoms with Gasteiger partial charge in [0.2, 0.25) is 5.83 Å². The molecule has 0 saturated carbocycles. The van der Waals surface area contributed by atoms with Crippen molar-refractivity contribution in [3.8, 4) is 0 Å². The molecule has 1 radical (unpaired) electrons.